The molecule has 0 radical (unpaired) electrons. The van der Waals surface area contributed by atoms with Crippen molar-refractivity contribution in [1.82, 2.24) is 9.78 Å². The van der Waals surface area contributed by atoms with Crippen LogP contribution in [0.5, 0.6) is 0 Å². The highest BCUT2D eigenvalue weighted by Gasteiger charge is 2.31. The van der Waals surface area contributed by atoms with Crippen molar-refractivity contribution in [2.45, 2.75) is 64.8 Å². The normalized spacial score (nSPS) is 24.7. The van der Waals surface area contributed by atoms with Crippen LogP contribution < -0.4 is 5.32 Å². The van der Waals surface area contributed by atoms with E-state index in [0.29, 0.717) is 6.04 Å². The van der Waals surface area contributed by atoms with Crippen LogP contribution in [0.1, 0.15) is 62.7 Å². The van der Waals surface area contributed by atoms with Gasteiger partial charge in [-0.1, -0.05) is 26.2 Å². The topological polar surface area (TPSA) is 29.9 Å². The maximum absolute atomic E-state index is 4.88. The molecule has 18 heavy (non-hydrogen) atoms. The van der Waals surface area contributed by atoms with Crippen molar-refractivity contribution in [1.29, 1.82) is 0 Å². The summed E-state index contributed by atoms with van der Waals surface area (Å²) in [7, 11) is 0. The zero-order valence-corrected chi connectivity index (χ0v) is 11.7. The maximum Gasteiger partial charge on any atom is 0.127 e. The molecule has 0 bridgehead atoms. The molecule has 1 aromatic heterocycles. The fraction of sp³-hybridized carbons (Fsp3) is 0.800. The second kappa shape index (κ2) is 4.94. The van der Waals surface area contributed by atoms with Gasteiger partial charge >= 0.3 is 0 Å². The van der Waals surface area contributed by atoms with Crippen molar-refractivity contribution in [3.8, 4) is 0 Å². The van der Waals surface area contributed by atoms with Crippen LogP contribution >= 0.6 is 0 Å². The van der Waals surface area contributed by atoms with Crippen LogP contribution in [0, 0.1) is 12.8 Å². The molecule has 1 fully saturated rings. The van der Waals surface area contributed by atoms with Crippen LogP contribution in [-0.4, -0.2) is 16.3 Å². The van der Waals surface area contributed by atoms with Crippen LogP contribution in [0.25, 0.3) is 0 Å². The number of hydrogen-bond donors (Lipinski definition) is 1. The van der Waals surface area contributed by atoms with Gasteiger partial charge in [-0.3, -0.25) is 0 Å². The summed E-state index contributed by atoms with van der Waals surface area (Å²) in [6.45, 7) is 5.54. The average molecular weight is 247 g/mol. The van der Waals surface area contributed by atoms with Gasteiger partial charge in [-0.25, -0.2) is 4.68 Å². The minimum absolute atomic E-state index is 0.653. The van der Waals surface area contributed by atoms with Crippen molar-refractivity contribution in [2.75, 3.05) is 11.9 Å². The lowest BCUT2D eigenvalue weighted by Crippen LogP contribution is -2.30. The number of fused-ring (bicyclic) bond motifs is 1. The van der Waals surface area contributed by atoms with Crippen LogP contribution in [0.4, 0.5) is 5.82 Å². The van der Waals surface area contributed by atoms with Crippen LogP contribution in [0.3, 0.4) is 0 Å². The van der Waals surface area contributed by atoms with Crippen molar-refractivity contribution in [3.05, 3.63) is 11.3 Å². The summed E-state index contributed by atoms with van der Waals surface area (Å²) in [5.41, 5.74) is 2.65. The first-order valence-corrected chi connectivity index (χ1v) is 7.63. The second-order valence-corrected chi connectivity index (χ2v) is 5.90. The zero-order chi connectivity index (χ0) is 12.5. The summed E-state index contributed by atoms with van der Waals surface area (Å²) >= 11 is 0. The number of nitrogens with one attached hydrogen (secondary N) is 1. The Bertz CT molecular complexity index is 416. The molecular weight excluding hydrogens is 222 g/mol. The van der Waals surface area contributed by atoms with Gasteiger partial charge in [-0.15, -0.1) is 0 Å². The Labute approximate surface area is 110 Å². The van der Waals surface area contributed by atoms with Gasteiger partial charge in [-0.2, -0.15) is 5.10 Å². The molecule has 3 heteroatoms. The Kier molecular flexibility index (Phi) is 3.31. The molecule has 3 nitrogen and oxygen atoms in total. The lowest BCUT2D eigenvalue weighted by atomic mass is 9.82. The summed E-state index contributed by atoms with van der Waals surface area (Å²) in [6.07, 6.45) is 9.39. The van der Waals surface area contributed by atoms with Gasteiger partial charge in [-0.05, 0) is 38.5 Å². The highest BCUT2D eigenvalue weighted by Crippen LogP contribution is 2.39. The molecule has 0 aromatic carbocycles. The zero-order valence-electron chi connectivity index (χ0n) is 11.7. The smallest absolute Gasteiger partial charge is 0.127 e. The maximum atomic E-state index is 4.88. The standard InChI is InChI=1S/C15H25N3/c1-3-13-11(2)15-16-10-9-14(18(15)17-13)12-7-5-4-6-8-12/h12,14,16H,3-10H2,1-2H3. The van der Waals surface area contributed by atoms with E-state index in [1.54, 1.807) is 0 Å². The molecular formula is C15H25N3. The van der Waals surface area contributed by atoms with E-state index in [1.165, 1.54) is 55.6 Å². The van der Waals surface area contributed by atoms with Gasteiger partial charge in [0.05, 0.1) is 11.7 Å². The van der Waals surface area contributed by atoms with E-state index in [1.807, 2.05) is 0 Å². The van der Waals surface area contributed by atoms with E-state index in [0.717, 1.165) is 18.9 Å². The molecule has 1 aliphatic heterocycles. The van der Waals surface area contributed by atoms with Gasteiger partial charge in [0.1, 0.15) is 5.82 Å². The highest BCUT2D eigenvalue weighted by molar-refractivity contribution is 5.48. The van der Waals surface area contributed by atoms with Crippen molar-refractivity contribution in [2.24, 2.45) is 5.92 Å². The monoisotopic (exact) mass is 247 g/mol. The molecule has 1 N–H and O–H groups in total. The molecule has 1 unspecified atom stereocenters. The fourth-order valence-electron chi connectivity index (χ4n) is 3.77. The van der Waals surface area contributed by atoms with Gasteiger partial charge < -0.3 is 5.32 Å². The first-order valence-electron chi connectivity index (χ1n) is 7.63. The summed E-state index contributed by atoms with van der Waals surface area (Å²) < 4.78 is 2.33. The van der Waals surface area contributed by atoms with E-state index in [9.17, 15) is 0 Å². The molecule has 1 aliphatic carbocycles. The van der Waals surface area contributed by atoms with E-state index >= 15 is 0 Å². The number of aryl methyl sites for hydroxylation is 1. The van der Waals surface area contributed by atoms with Gasteiger partial charge in [0.2, 0.25) is 0 Å². The predicted molar refractivity (Wildman–Crippen MR) is 75.1 cm³/mol. The molecule has 1 aromatic rings. The number of rotatable bonds is 2. The van der Waals surface area contributed by atoms with Gasteiger partial charge in [0, 0.05) is 12.1 Å². The molecule has 1 atom stereocenters. The van der Waals surface area contributed by atoms with Crippen LogP contribution in [-0.2, 0) is 6.42 Å². The van der Waals surface area contributed by atoms with Gasteiger partial charge in [0.15, 0.2) is 0 Å². The molecule has 0 spiro atoms. The number of anilines is 1. The van der Waals surface area contributed by atoms with Crippen molar-refractivity contribution >= 4 is 5.82 Å². The highest BCUT2D eigenvalue weighted by atomic mass is 15.4. The minimum atomic E-state index is 0.653. The van der Waals surface area contributed by atoms with Crippen molar-refractivity contribution < 1.29 is 0 Å². The van der Waals surface area contributed by atoms with E-state index in [2.05, 4.69) is 23.8 Å². The quantitative estimate of drug-likeness (QED) is 0.863. The van der Waals surface area contributed by atoms with Crippen molar-refractivity contribution in [3.63, 3.8) is 0 Å². The summed E-state index contributed by atoms with van der Waals surface area (Å²) in [5, 5.41) is 8.43. The van der Waals surface area contributed by atoms with Crippen LogP contribution in [0.15, 0.2) is 0 Å². The summed E-state index contributed by atoms with van der Waals surface area (Å²) in [5.74, 6) is 2.16. The number of aromatic nitrogens is 2. The molecule has 2 aliphatic rings. The first kappa shape index (κ1) is 12.1. The predicted octanol–water partition coefficient (Wildman–Crippen LogP) is 3.69. The SMILES string of the molecule is CCc1nn2c(c1C)NCCC2C1CCCCC1. The molecule has 100 valence electrons. The largest absolute Gasteiger partial charge is 0.370 e. The summed E-state index contributed by atoms with van der Waals surface area (Å²) in [4.78, 5) is 0. The van der Waals surface area contributed by atoms with Gasteiger partial charge in [0.25, 0.3) is 0 Å². The molecule has 3 rings (SSSR count). The summed E-state index contributed by atoms with van der Waals surface area (Å²) in [6, 6.07) is 0.653. The third-order valence-electron chi connectivity index (χ3n) is 4.82. The third-order valence-corrected chi connectivity index (χ3v) is 4.82. The second-order valence-electron chi connectivity index (χ2n) is 5.90. The Morgan fingerprint density at radius 2 is 2.00 bits per heavy atom. The Balaban J connectivity index is 1.91. The fourth-order valence-corrected chi connectivity index (χ4v) is 3.77. The van der Waals surface area contributed by atoms with E-state index < -0.39 is 0 Å². The lowest BCUT2D eigenvalue weighted by Gasteiger charge is -2.34. The Morgan fingerprint density at radius 1 is 1.22 bits per heavy atom. The minimum Gasteiger partial charge on any atom is -0.370 e. The Hall–Kier alpha value is -0.990. The van der Waals surface area contributed by atoms with Crippen LogP contribution in [0.2, 0.25) is 0 Å². The van der Waals surface area contributed by atoms with E-state index in [-0.39, 0.29) is 0 Å². The molecule has 2 heterocycles. The average Bonchev–Trinajstić information content (AvgIpc) is 2.77. The lowest BCUT2D eigenvalue weighted by molar-refractivity contribution is 0.222. The molecule has 1 saturated carbocycles. The Morgan fingerprint density at radius 3 is 2.72 bits per heavy atom. The number of nitrogens with zero attached hydrogens (tertiary/aromatic N) is 2. The first-order chi connectivity index (χ1) is 8.81. The van der Waals surface area contributed by atoms with E-state index in [4.69, 9.17) is 5.10 Å². The molecule has 0 saturated heterocycles. The third kappa shape index (κ3) is 1.94. The number of hydrogen-bond acceptors (Lipinski definition) is 2. The molecule has 0 amide bonds.